The number of carbonyl (C=O) groups is 1. The number of carbonyl (C=O) groups excluding carboxylic acids is 1. The highest BCUT2D eigenvalue weighted by molar-refractivity contribution is 7.99. The summed E-state index contributed by atoms with van der Waals surface area (Å²) in [5, 5.41) is 3.92. The van der Waals surface area contributed by atoms with E-state index in [1.165, 1.54) is 5.56 Å². The third kappa shape index (κ3) is 5.70. The van der Waals surface area contributed by atoms with E-state index in [9.17, 15) is 4.79 Å². The molecule has 1 aliphatic heterocycles. The molecule has 0 aliphatic carbocycles. The second-order valence-corrected chi connectivity index (χ2v) is 6.49. The van der Waals surface area contributed by atoms with Gasteiger partial charge in [-0.05, 0) is 37.6 Å². The highest BCUT2D eigenvalue weighted by Crippen LogP contribution is 2.20. The van der Waals surface area contributed by atoms with Crippen LogP contribution in [-0.2, 0) is 10.5 Å². The number of hydrogen-bond donors (Lipinski definition) is 1. The topological polar surface area (TPSA) is 32.3 Å². The van der Waals surface area contributed by atoms with Crippen molar-refractivity contribution < 1.29 is 4.79 Å². The van der Waals surface area contributed by atoms with E-state index in [0.717, 1.165) is 36.7 Å². The lowest BCUT2D eigenvalue weighted by molar-refractivity contribution is -0.129. The Balaban J connectivity index is 0.00000220. The van der Waals surface area contributed by atoms with Crippen LogP contribution in [-0.4, -0.2) is 42.7 Å². The van der Waals surface area contributed by atoms with Crippen molar-refractivity contribution in [3.63, 3.8) is 0 Å². The molecule has 0 saturated carbocycles. The number of thioether (sulfide) groups is 1. The Kier molecular flexibility index (Phi) is 8.49. The number of rotatable bonds is 6. The summed E-state index contributed by atoms with van der Waals surface area (Å²) in [7, 11) is 1.94. The van der Waals surface area contributed by atoms with Crippen molar-refractivity contribution >= 4 is 41.7 Å². The predicted octanol–water partition coefficient (Wildman–Crippen LogP) is 3.21. The van der Waals surface area contributed by atoms with Crippen LogP contribution >= 0.6 is 35.8 Å². The Hall–Kier alpha value is -0.420. The van der Waals surface area contributed by atoms with Crippen LogP contribution in [0, 0.1) is 0 Å². The van der Waals surface area contributed by atoms with Gasteiger partial charge in [0.05, 0.1) is 5.75 Å². The second-order valence-electron chi connectivity index (χ2n) is 5.06. The van der Waals surface area contributed by atoms with Gasteiger partial charge in [-0.2, -0.15) is 0 Å². The quantitative estimate of drug-likeness (QED) is 0.856. The third-order valence-corrected chi connectivity index (χ3v) is 4.74. The van der Waals surface area contributed by atoms with E-state index in [2.05, 4.69) is 5.32 Å². The van der Waals surface area contributed by atoms with Crippen LogP contribution in [0.15, 0.2) is 24.3 Å². The second kappa shape index (κ2) is 9.57. The molecule has 0 bridgehead atoms. The first-order valence-corrected chi connectivity index (χ1v) is 8.50. The normalized spacial score (nSPS) is 17.6. The highest BCUT2D eigenvalue weighted by Gasteiger charge is 2.27. The Bertz CT molecular complexity index is 459. The van der Waals surface area contributed by atoms with Crippen molar-refractivity contribution in [2.45, 2.75) is 24.6 Å². The number of likely N-dealkylation sites (N-methyl/N-ethyl adjacent to an activating group) is 1. The van der Waals surface area contributed by atoms with Crippen LogP contribution in [0.25, 0.3) is 0 Å². The van der Waals surface area contributed by atoms with E-state index in [1.54, 1.807) is 11.8 Å². The van der Waals surface area contributed by atoms with Crippen LogP contribution in [0.4, 0.5) is 0 Å². The first kappa shape index (κ1) is 18.6. The van der Waals surface area contributed by atoms with Gasteiger partial charge in [-0.25, -0.2) is 0 Å². The van der Waals surface area contributed by atoms with Gasteiger partial charge >= 0.3 is 0 Å². The molecule has 1 saturated heterocycles. The van der Waals surface area contributed by atoms with Gasteiger partial charge in [-0.3, -0.25) is 4.79 Å². The van der Waals surface area contributed by atoms with Crippen molar-refractivity contribution in [3.8, 4) is 0 Å². The first-order chi connectivity index (χ1) is 9.70. The number of likely N-dealkylation sites (tertiary alicyclic amines) is 1. The van der Waals surface area contributed by atoms with E-state index in [4.69, 9.17) is 11.6 Å². The van der Waals surface area contributed by atoms with E-state index >= 15 is 0 Å². The van der Waals surface area contributed by atoms with Gasteiger partial charge in [-0.1, -0.05) is 23.7 Å². The number of nitrogens with one attached hydrogen (secondary N) is 1. The van der Waals surface area contributed by atoms with Crippen molar-refractivity contribution in [2.24, 2.45) is 0 Å². The summed E-state index contributed by atoms with van der Waals surface area (Å²) >= 11 is 7.61. The average Bonchev–Trinajstić information content (AvgIpc) is 2.87. The molecular formula is C15H22Cl2N2OS. The van der Waals surface area contributed by atoms with E-state index in [0.29, 0.717) is 11.8 Å². The Labute approximate surface area is 142 Å². The van der Waals surface area contributed by atoms with Gasteiger partial charge in [0.15, 0.2) is 0 Å². The van der Waals surface area contributed by atoms with Crippen molar-refractivity contribution in [1.29, 1.82) is 0 Å². The summed E-state index contributed by atoms with van der Waals surface area (Å²) < 4.78 is 0. The SMILES string of the molecule is CNCC1CCCN1C(=O)CSCc1cccc(Cl)c1.Cl. The Morgan fingerprint density at radius 2 is 2.33 bits per heavy atom. The third-order valence-electron chi connectivity index (χ3n) is 3.52. The van der Waals surface area contributed by atoms with Crippen molar-refractivity contribution in [1.82, 2.24) is 10.2 Å². The Morgan fingerprint density at radius 3 is 3.05 bits per heavy atom. The molecule has 3 nitrogen and oxygen atoms in total. The zero-order valence-corrected chi connectivity index (χ0v) is 14.6. The minimum absolute atomic E-state index is 0. The molecule has 6 heteroatoms. The van der Waals surface area contributed by atoms with Crippen molar-refractivity contribution in [2.75, 3.05) is 25.9 Å². The molecule has 1 fully saturated rings. The number of hydrogen-bond acceptors (Lipinski definition) is 3. The molecule has 1 aromatic rings. The van der Waals surface area contributed by atoms with Crippen LogP contribution < -0.4 is 5.32 Å². The number of amides is 1. The maximum atomic E-state index is 12.2. The van der Waals surface area contributed by atoms with E-state index in [1.807, 2.05) is 36.2 Å². The first-order valence-electron chi connectivity index (χ1n) is 6.97. The molecule has 1 aromatic carbocycles. The minimum atomic E-state index is 0. The van der Waals surface area contributed by atoms with Gasteiger partial charge in [0, 0.05) is 29.9 Å². The maximum Gasteiger partial charge on any atom is 0.232 e. The van der Waals surface area contributed by atoms with Gasteiger partial charge in [0.25, 0.3) is 0 Å². The summed E-state index contributed by atoms with van der Waals surface area (Å²) in [4.78, 5) is 14.3. The van der Waals surface area contributed by atoms with Gasteiger partial charge in [0.1, 0.15) is 0 Å². The summed E-state index contributed by atoms with van der Waals surface area (Å²) in [5.74, 6) is 1.64. The predicted molar refractivity (Wildman–Crippen MR) is 93.5 cm³/mol. The lowest BCUT2D eigenvalue weighted by Crippen LogP contribution is -2.41. The molecule has 1 amide bonds. The summed E-state index contributed by atoms with van der Waals surface area (Å²) in [5.41, 5.74) is 1.17. The van der Waals surface area contributed by atoms with Crippen LogP contribution in [0.5, 0.6) is 0 Å². The number of benzene rings is 1. The molecular weight excluding hydrogens is 327 g/mol. The molecule has 1 aliphatic rings. The largest absolute Gasteiger partial charge is 0.338 e. The standard InChI is InChI=1S/C15H21ClN2OS.ClH/c1-17-9-14-6-3-7-18(14)15(19)11-20-10-12-4-2-5-13(16)8-12;/h2,4-5,8,14,17H,3,6-7,9-11H2,1H3;1H. The van der Waals surface area contributed by atoms with Crippen LogP contribution in [0.2, 0.25) is 5.02 Å². The van der Waals surface area contributed by atoms with Gasteiger partial charge in [-0.15, -0.1) is 24.2 Å². The summed E-state index contributed by atoms with van der Waals surface area (Å²) in [6.45, 7) is 1.80. The van der Waals surface area contributed by atoms with Gasteiger partial charge in [0.2, 0.25) is 5.91 Å². The maximum absolute atomic E-state index is 12.2. The number of halogens is 2. The molecule has 118 valence electrons. The van der Waals surface area contributed by atoms with Crippen LogP contribution in [0.3, 0.4) is 0 Å². The fourth-order valence-electron chi connectivity index (χ4n) is 2.58. The molecule has 1 atom stereocenters. The van der Waals surface area contributed by atoms with Crippen LogP contribution in [0.1, 0.15) is 18.4 Å². The molecule has 2 rings (SSSR count). The fourth-order valence-corrected chi connectivity index (χ4v) is 3.65. The van der Waals surface area contributed by atoms with E-state index in [-0.39, 0.29) is 18.3 Å². The van der Waals surface area contributed by atoms with Gasteiger partial charge < -0.3 is 10.2 Å². The molecule has 21 heavy (non-hydrogen) atoms. The molecule has 1 unspecified atom stereocenters. The molecule has 1 heterocycles. The molecule has 0 spiro atoms. The van der Waals surface area contributed by atoms with Crippen molar-refractivity contribution in [3.05, 3.63) is 34.9 Å². The number of nitrogens with zero attached hydrogens (tertiary/aromatic N) is 1. The minimum Gasteiger partial charge on any atom is -0.338 e. The fraction of sp³-hybridized carbons (Fsp3) is 0.533. The summed E-state index contributed by atoms with van der Waals surface area (Å²) in [6.07, 6.45) is 2.24. The molecule has 0 aromatic heterocycles. The zero-order valence-electron chi connectivity index (χ0n) is 12.2. The Morgan fingerprint density at radius 1 is 1.52 bits per heavy atom. The lowest BCUT2D eigenvalue weighted by Gasteiger charge is -2.24. The van der Waals surface area contributed by atoms with E-state index < -0.39 is 0 Å². The zero-order chi connectivity index (χ0) is 14.4. The monoisotopic (exact) mass is 348 g/mol. The average molecular weight is 349 g/mol. The smallest absolute Gasteiger partial charge is 0.232 e. The highest BCUT2D eigenvalue weighted by atomic mass is 35.5. The molecule has 1 N–H and O–H groups in total. The molecule has 0 radical (unpaired) electrons. The summed E-state index contributed by atoms with van der Waals surface area (Å²) in [6, 6.07) is 8.19. The lowest BCUT2D eigenvalue weighted by atomic mass is 10.2.